The third kappa shape index (κ3) is 3.62. The summed E-state index contributed by atoms with van der Waals surface area (Å²) < 4.78 is 38.4. The maximum atomic E-state index is 12.6. The Hall–Kier alpha value is -1.85. The number of halogens is 4. The van der Waals surface area contributed by atoms with Gasteiger partial charge in [-0.3, -0.25) is 4.79 Å². The van der Waals surface area contributed by atoms with E-state index < -0.39 is 17.6 Å². The number of carbonyl (C=O) groups is 1. The fourth-order valence-corrected chi connectivity index (χ4v) is 2.82. The van der Waals surface area contributed by atoms with Gasteiger partial charge in [-0.1, -0.05) is 0 Å². The lowest BCUT2D eigenvalue weighted by Crippen LogP contribution is -2.12. The van der Waals surface area contributed by atoms with Crippen molar-refractivity contribution in [3.63, 3.8) is 0 Å². The minimum absolute atomic E-state index is 0.0417. The monoisotopic (exact) mass is 374 g/mol. The largest absolute Gasteiger partial charge is 0.416 e. The first-order chi connectivity index (χ1) is 9.81. The Morgan fingerprint density at radius 3 is 2.52 bits per heavy atom. The lowest BCUT2D eigenvalue weighted by Gasteiger charge is -2.10. The molecule has 2 rings (SSSR count). The van der Waals surface area contributed by atoms with Gasteiger partial charge in [0, 0.05) is 0 Å². The average Bonchev–Trinajstić information content (AvgIpc) is 2.84. The zero-order chi connectivity index (χ0) is 15.6. The summed E-state index contributed by atoms with van der Waals surface area (Å²) in [6.07, 6.45) is -4.53. The first-order valence-electron chi connectivity index (χ1n) is 5.49. The molecule has 1 amide bonds. The maximum Gasteiger partial charge on any atom is 0.416 e. The van der Waals surface area contributed by atoms with E-state index in [9.17, 15) is 18.0 Å². The Morgan fingerprint density at radius 1 is 1.29 bits per heavy atom. The minimum Gasteiger partial charge on any atom is -0.320 e. The number of benzene rings is 1. The maximum absolute atomic E-state index is 12.6. The summed E-state index contributed by atoms with van der Waals surface area (Å²) in [5.74, 6) is -0.484. The van der Waals surface area contributed by atoms with Gasteiger partial charge in [0.05, 0.1) is 25.5 Å². The van der Waals surface area contributed by atoms with E-state index in [4.69, 9.17) is 5.26 Å². The molecule has 1 heterocycles. The van der Waals surface area contributed by atoms with E-state index in [1.807, 2.05) is 0 Å². The molecule has 0 unspecified atom stereocenters. The van der Waals surface area contributed by atoms with Gasteiger partial charge in [-0.15, -0.1) is 11.3 Å². The van der Waals surface area contributed by atoms with E-state index in [2.05, 4.69) is 21.2 Å². The zero-order valence-corrected chi connectivity index (χ0v) is 12.6. The number of thiophene rings is 1. The van der Waals surface area contributed by atoms with E-state index in [-0.39, 0.29) is 11.3 Å². The number of hydrogen-bond acceptors (Lipinski definition) is 3. The summed E-state index contributed by atoms with van der Waals surface area (Å²) in [6.45, 7) is 0. The van der Waals surface area contributed by atoms with Crippen LogP contribution in [-0.2, 0) is 6.18 Å². The van der Waals surface area contributed by atoms with Crippen LogP contribution in [0.25, 0.3) is 0 Å². The topological polar surface area (TPSA) is 52.9 Å². The van der Waals surface area contributed by atoms with E-state index in [1.165, 1.54) is 11.3 Å². The van der Waals surface area contributed by atoms with Crippen molar-refractivity contribution in [1.82, 2.24) is 0 Å². The predicted octanol–water partition coefficient (Wildman–Crippen LogP) is 4.65. The molecule has 0 spiro atoms. The molecule has 0 fully saturated rings. The molecule has 3 nitrogen and oxygen atoms in total. The van der Waals surface area contributed by atoms with Crippen LogP contribution in [0.1, 0.15) is 20.8 Å². The molecule has 1 N–H and O–H groups in total. The summed E-state index contributed by atoms with van der Waals surface area (Å²) in [6, 6.07) is 7.50. The fourth-order valence-electron chi connectivity index (χ4n) is 1.54. The van der Waals surface area contributed by atoms with Gasteiger partial charge in [0.15, 0.2) is 0 Å². The molecule has 21 heavy (non-hydrogen) atoms. The van der Waals surface area contributed by atoms with Gasteiger partial charge < -0.3 is 5.32 Å². The molecule has 0 atom stereocenters. The van der Waals surface area contributed by atoms with Crippen molar-refractivity contribution in [3.8, 4) is 6.07 Å². The molecule has 108 valence electrons. The summed E-state index contributed by atoms with van der Waals surface area (Å²) in [5, 5.41) is 11.4. The van der Waals surface area contributed by atoms with Crippen LogP contribution in [0.5, 0.6) is 0 Å². The van der Waals surface area contributed by atoms with Crippen molar-refractivity contribution in [2.24, 2.45) is 0 Å². The second-order valence-electron chi connectivity index (χ2n) is 3.93. The van der Waals surface area contributed by atoms with Crippen LogP contribution < -0.4 is 5.32 Å². The Labute approximate surface area is 130 Å². The van der Waals surface area contributed by atoms with Gasteiger partial charge in [-0.2, -0.15) is 18.4 Å². The van der Waals surface area contributed by atoms with Crippen molar-refractivity contribution in [2.75, 3.05) is 5.32 Å². The molecule has 0 bridgehead atoms. The Balaban J connectivity index is 2.29. The molecular weight excluding hydrogens is 369 g/mol. The van der Waals surface area contributed by atoms with Crippen molar-refractivity contribution in [1.29, 1.82) is 5.26 Å². The fraction of sp³-hybridized carbons (Fsp3) is 0.0769. The minimum atomic E-state index is -4.53. The number of carbonyl (C=O) groups excluding carboxylic acids is 1. The number of alkyl halides is 3. The number of anilines is 1. The average molecular weight is 375 g/mol. The number of rotatable bonds is 2. The van der Waals surface area contributed by atoms with Crippen LogP contribution >= 0.6 is 27.3 Å². The highest BCUT2D eigenvalue weighted by Gasteiger charge is 2.31. The van der Waals surface area contributed by atoms with Crippen molar-refractivity contribution in [3.05, 3.63) is 50.1 Å². The molecule has 0 aliphatic carbocycles. The first kappa shape index (κ1) is 15.5. The smallest absolute Gasteiger partial charge is 0.320 e. The molecule has 1 aromatic carbocycles. The third-order valence-electron chi connectivity index (χ3n) is 2.51. The lowest BCUT2D eigenvalue weighted by molar-refractivity contribution is -0.137. The van der Waals surface area contributed by atoms with E-state index >= 15 is 0 Å². The summed E-state index contributed by atoms with van der Waals surface area (Å²) in [7, 11) is 0. The molecule has 2 aromatic rings. The van der Waals surface area contributed by atoms with Crippen molar-refractivity contribution in [2.45, 2.75) is 6.18 Å². The van der Waals surface area contributed by atoms with Gasteiger partial charge in [0.25, 0.3) is 5.91 Å². The molecule has 0 aliphatic rings. The summed E-state index contributed by atoms with van der Waals surface area (Å²) in [4.78, 5) is 12.3. The van der Waals surface area contributed by atoms with Crippen molar-refractivity contribution >= 4 is 38.9 Å². The van der Waals surface area contributed by atoms with Gasteiger partial charge >= 0.3 is 6.18 Å². The molecule has 1 aromatic heterocycles. The van der Waals surface area contributed by atoms with Crippen LogP contribution in [-0.4, -0.2) is 5.91 Å². The highest BCUT2D eigenvalue weighted by molar-refractivity contribution is 9.11. The normalized spacial score (nSPS) is 11.0. The van der Waals surface area contributed by atoms with Crippen LogP contribution in [0.2, 0.25) is 0 Å². The number of hydrogen-bond donors (Lipinski definition) is 1. The van der Waals surface area contributed by atoms with E-state index in [1.54, 1.807) is 18.2 Å². The molecule has 8 heteroatoms. The number of nitrogens with one attached hydrogen (secondary N) is 1. The highest BCUT2D eigenvalue weighted by atomic mass is 79.9. The first-order valence-corrected chi connectivity index (χ1v) is 7.10. The quantitative estimate of drug-likeness (QED) is 0.831. The Kier molecular flexibility index (Phi) is 4.34. The number of amides is 1. The van der Waals surface area contributed by atoms with Gasteiger partial charge in [0.2, 0.25) is 0 Å². The van der Waals surface area contributed by atoms with Crippen molar-refractivity contribution < 1.29 is 18.0 Å². The van der Waals surface area contributed by atoms with Gasteiger partial charge in [-0.25, -0.2) is 0 Å². The second kappa shape index (κ2) is 5.87. The molecule has 0 aliphatic heterocycles. The van der Waals surface area contributed by atoms with Crippen LogP contribution in [0.15, 0.2) is 34.1 Å². The molecule has 0 saturated heterocycles. The SMILES string of the molecule is N#Cc1cc(C(F)(F)F)ccc1NC(=O)c1ccc(Br)s1. The van der Waals surface area contributed by atoms with Crippen LogP contribution in [0, 0.1) is 11.3 Å². The number of nitrogens with zero attached hydrogens (tertiary/aromatic N) is 1. The van der Waals surface area contributed by atoms with Gasteiger partial charge in [-0.05, 0) is 46.3 Å². The molecular formula is C13H6BrF3N2OS. The predicted molar refractivity (Wildman–Crippen MR) is 76.1 cm³/mol. The standard InChI is InChI=1S/C13H6BrF3N2OS/c14-11-4-3-10(21-11)12(20)19-9-2-1-8(13(15,16)17)5-7(9)6-18/h1-5H,(H,19,20). The van der Waals surface area contributed by atoms with E-state index in [0.29, 0.717) is 10.9 Å². The lowest BCUT2D eigenvalue weighted by atomic mass is 10.1. The molecule has 0 radical (unpaired) electrons. The Bertz CT molecular complexity index is 734. The van der Waals surface area contributed by atoms with Gasteiger partial charge in [0.1, 0.15) is 6.07 Å². The zero-order valence-electron chi connectivity index (χ0n) is 10.2. The summed E-state index contributed by atoms with van der Waals surface area (Å²) in [5.41, 5.74) is -1.13. The Morgan fingerprint density at radius 2 is 2.00 bits per heavy atom. The van der Waals surface area contributed by atoms with Crippen LogP contribution in [0.4, 0.5) is 18.9 Å². The summed E-state index contributed by atoms with van der Waals surface area (Å²) >= 11 is 4.38. The molecule has 0 saturated carbocycles. The van der Waals surface area contributed by atoms with E-state index in [0.717, 1.165) is 15.9 Å². The third-order valence-corrected chi connectivity index (χ3v) is 4.13. The number of nitriles is 1. The van der Waals surface area contributed by atoms with Crippen LogP contribution in [0.3, 0.4) is 0 Å². The highest BCUT2D eigenvalue weighted by Crippen LogP contribution is 2.32. The second-order valence-corrected chi connectivity index (χ2v) is 6.39.